The third kappa shape index (κ3) is 6.61. The number of fused-ring (bicyclic) bond motifs is 1. The van der Waals surface area contributed by atoms with E-state index in [0.717, 1.165) is 80.6 Å². The molecule has 3 nitrogen and oxygen atoms in total. The number of ether oxygens (including phenoxy) is 1. The zero-order chi connectivity index (χ0) is 29.1. The zero-order valence-corrected chi connectivity index (χ0v) is 25.5. The Balaban J connectivity index is 1.32. The number of aryl methyl sites for hydroxylation is 1. The average molecular weight is 607 g/mol. The summed E-state index contributed by atoms with van der Waals surface area (Å²) < 4.78 is 18.9. The van der Waals surface area contributed by atoms with Crippen LogP contribution in [0.25, 0.3) is 11.1 Å². The lowest BCUT2D eigenvalue weighted by molar-refractivity contribution is -0.124. The average Bonchev–Trinajstić information content (AvgIpc) is 3.30. The molecule has 0 N–H and O–H groups in total. The Kier molecular flexibility index (Phi) is 9.33. The second kappa shape index (κ2) is 13.3. The van der Waals surface area contributed by atoms with Crippen LogP contribution in [0.5, 0.6) is 5.75 Å². The third-order valence-electron chi connectivity index (χ3n) is 9.09. The van der Waals surface area contributed by atoms with Crippen molar-refractivity contribution in [3.63, 3.8) is 0 Å². The molecule has 0 aromatic heterocycles. The van der Waals surface area contributed by atoms with E-state index in [-0.39, 0.29) is 18.7 Å². The number of carbonyl (C=O) groups excluding carboxylic acids is 1. The van der Waals surface area contributed by atoms with Gasteiger partial charge >= 0.3 is 0 Å². The summed E-state index contributed by atoms with van der Waals surface area (Å²) in [5.74, 6) is 1.48. The first-order valence-corrected chi connectivity index (χ1v) is 16.1. The fraction of sp³-hybridized carbons (Fsp3) is 0.417. The summed E-state index contributed by atoms with van der Waals surface area (Å²) in [5, 5.41) is 1.28. The molecule has 42 heavy (non-hydrogen) atoms. The van der Waals surface area contributed by atoms with Crippen molar-refractivity contribution in [1.29, 1.82) is 0 Å². The first kappa shape index (κ1) is 29.4. The van der Waals surface area contributed by atoms with Crippen LogP contribution in [-0.2, 0) is 17.6 Å². The number of hydrogen-bond donors (Lipinski definition) is 0. The van der Waals surface area contributed by atoms with Gasteiger partial charge in [-0.15, -0.1) is 0 Å². The summed E-state index contributed by atoms with van der Waals surface area (Å²) in [6.45, 7) is 2.30. The topological polar surface area (TPSA) is 29.5 Å². The summed E-state index contributed by atoms with van der Waals surface area (Å²) in [6.07, 6.45) is 8.26. The van der Waals surface area contributed by atoms with Crippen molar-refractivity contribution in [2.24, 2.45) is 5.92 Å². The number of Topliss-reactive ketones (excluding diaryl/α,β-unsaturated/α-hetero) is 1. The lowest BCUT2D eigenvalue weighted by atomic mass is 9.80. The summed E-state index contributed by atoms with van der Waals surface area (Å²) in [4.78, 5) is 15.1. The van der Waals surface area contributed by atoms with Gasteiger partial charge in [-0.2, -0.15) is 0 Å². The molecule has 1 atom stereocenters. The molecule has 1 heterocycles. The molecule has 0 spiro atoms. The molecule has 2 aliphatic carbocycles. The van der Waals surface area contributed by atoms with Crippen LogP contribution in [0.3, 0.4) is 0 Å². The molecule has 6 rings (SSSR count). The van der Waals surface area contributed by atoms with Gasteiger partial charge in [-0.3, -0.25) is 14.1 Å². The normalized spacial score (nSPS) is 19.4. The molecule has 1 saturated heterocycles. The maximum absolute atomic E-state index is 12.8. The smallest absolute Gasteiger partial charge is 0.140 e. The molecular formula is C36H38Cl2FNO2. The largest absolute Gasteiger partial charge is 0.489 e. The molecule has 1 aliphatic heterocycles. The van der Waals surface area contributed by atoms with Gasteiger partial charge in [0.05, 0.1) is 6.67 Å². The highest BCUT2D eigenvalue weighted by atomic mass is 35.5. The first-order chi connectivity index (χ1) is 20.5. The van der Waals surface area contributed by atoms with Crippen LogP contribution in [0.15, 0.2) is 60.7 Å². The molecule has 1 saturated carbocycles. The molecule has 6 heteroatoms. The van der Waals surface area contributed by atoms with E-state index >= 15 is 0 Å². The van der Waals surface area contributed by atoms with E-state index in [1.807, 2.05) is 18.2 Å². The number of carbonyl (C=O) groups is 1. The molecule has 3 aromatic rings. The third-order valence-corrected chi connectivity index (χ3v) is 9.64. The minimum Gasteiger partial charge on any atom is -0.489 e. The molecular weight excluding hydrogens is 568 g/mol. The Morgan fingerprint density at radius 3 is 2.48 bits per heavy atom. The van der Waals surface area contributed by atoms with Gasteiger partial charge in [-0.1, -0.05) is 66.0 Å². The van der Waals surface area contributed by atoms with E-state index in [1.54, 1.807) is 0 Å². The number of rotatable bonds is 10. The van der Waals surface area contributed by atoms with Crippen molar-refractivity contribution in [2.45, 2.75) is 63.9 Å². The van der Waals surface area contributed by atoms with Gasteiger partial charge in [0, 0.05) is 42.0 Å². The highest BCUT2D eigenvalue weighted by Gasteiger charge is 2.27. The van der Waals surface area contributed by atoms with Crippen LogP contribution in [0.4, 0.5) is 4.39 Å². The van der Waals surface area contributed by atoms with Crippen LogP contribution >= 0.6 is 23.2 Å². The number of allylic oxidation sites excluding steroid dienone is 1. The number of halogens is 3. The summed E-state index contributed by atoms with van der Waals surface area (Å²) >= 11 is 13.1. The van der Waals surface area contributed by atoms with Crippen LogP contribution in [0, 0.1) is 5.92 Å². The van der Waals surface area contributed by atoms with Gasteiger partial charge in [-0.05, 0) is 108 Å². The first-order valence-electron chi connectivity index (χ1n) is 15.4. The highest BCUT2D eigenvalue weighted by Crippen LogP contribution is 2.43. The SMILES string of the molecule is O=C(Cc1ccc2c(c1)CCCC(c1ccc(Cl)cc1Cl)=C2c1ccc(OC2CCN(CCCF)C2)cc1)C1CCC1. The second-order valence-electron chi connectivity index (χ2n) is 12.0. The monoisotopic (exact) mass is 605 g/mol. The summed E-state index contributed by atoms with van der Waals surface area (Å²) in [7, 11) is 0. The second-order valence-corrected chi connectivity index (χ2v) is 12.8. The Bertz CT molecular complexity index is 1460. The fourth-order valence-corrected chi connectivity index (χ4v) is 7.15. The van der Waals surface area contributed by atoms with Crippen molar-refractivity contribution in [1.82, 2.24) is 4.90 Å². The number of hydrogen-bond acceptors (Lipinski definition) is 3. The van der Waals surface area contributed by atoms with Gasteiger partial charge in [0.2, 0.25) is 0 Å². The minimum absolute atomic E-state index is 0.123. The molecule has 220 valence electrons. The van der Waals surface area contributed by atoms with Gasteiger partial charge < -0.3 is 4.74 Å². The van der Waals surface area contributed by atoms with E-state index in [0.29, 0.717) is 28.7 Å². The van der Waals surface area contributed by atoms with Crippen molar-refractivity contribution in [3.05, 3.63) is 98.5 Å². The van der Waals surface area contributed by atoms with E-state index in [2.05, 4.69) is 47.4 Å². The molecule has 1 unspecified atom stereocenters. The molecule has 0 amide bonds. The predicted molar refractivity (Wildman–Crippen MR) is 170 cm³/mol. The Labute approximate surface area is 258 Å². The van der Waals surface area contributed by atoms with Crippen molar-refractivity contribution in [2.75, 3.05) is 26.3 Å². The molecule has 0 radical (unpaired) electrons. The summed E-state index contributed by atoms with van der Waals surface area (Å²) in [5.41, 5.74) is 8.09. The lowest BCUT2D eigenvalue weighted by Crippen LogP contribution is -2.26. The Morgan fingerprint density at radius 1 is 0.929 bits per heavy atom. The number of ketones is 1. The maximum Gasteiger partial charge on any atom is 0.140 e. The standard InChI is InChI=1S/C36H38Cl2FNO2/c37-28-11-15-32(34(38)22-28)33-7-2-6-27-20-24(21-35(41)25-4-1-5-25)8-14-31(27)36(33)26-9-12-29(13-10-26)42-30-16-19-40(23-30)18-3-17-39/h8-15,20,22,25,30H,1-7,16-19,21,23H2. The fourth-order valence-electron chi connectivity index (χ4n) is 6.63. The molecule has 3 aromatic carbocycles. The maximum atomic E-state index is 12.8. The van der Waals surface area contributed by atoms with Crippen LogP contribution in [0.1, 0.15) is 72.8 Å². The summed E-state index contributed by atoms with van der Waals surface area (Å²) in [6, 6.07) is 20.8. The van der Waals surface area contributed by atoms with Gasteiger partial charge in [0.15, 0.2) is 0 Å². The van der Waals surface area contributed by atoms with Gasteiger partial charge in [0.25, 0.3) is 0 Å². The molecule has 2 fully saturated rings. The Morgan fingerprint density at radius 2 is 1.74 bits per heavy atom. The molecule has 3 aliphatic rings. The van der Waals surface area contributed by atoms with Gasteiger partial charge in [0.1, 0.15) is 17.6 Å². The highest BCUT2D eigenvalue weighted by molar-refractivity contribution is 6.36. The Hall–Kier alpha value is -2.66. The zero-order valence-electron chi connectivity index (χ0n) is 24.0. The van der Waals surface area contributed by atoms with E-state index in [1.165, 1.54) is 28.7 Å². The van der Waals surface area contributed by atoms with E-state index in [4.69, 9.17) is 27.9 Å². The quantitative estimate of drug-likeness (QED) is 0.231. The van der Waals surface area contributed by atoms with Gasteiger partial charge in [-0.25, -0.2) is 0 Å². The van der Waals surface area contributed by atoms with Crippen molar-refractivity contribution < 1.29 is 13.9 Å². The van der Waals surface area contributed by atoms with Crippen LogP contribution in [0.2, 0.25) is 10.0 Å². The van der Waals surface area contributed by atoms with Crippen molar-refractivity contribution >= 4 is 40.1 Å². The predicted octanol–water partition coefficient (Wildman–Crippen LogP) is 9.01. The number of likely N-dealkylation sites (tertiary alicyclic amines) is 1. The number of alkyl halides is 1. The van der Waals surface area contributed by atoms with Crippen molar-refractivity contribution in [3.8, 4) is 5.75 Å². The minimum atomic E-state index is -0.272. The van der Waals surface area contributed by atoms with Crippen LogP contribution < -0.4 is 4.74 Å². The molecule has 0 bridgehead atoms. The van der Waals surface area contributed by atoms with Crippen LogP contribution in [-0.4, -0.2) is 43.1 Å². The lowest BCUT2D eigenvalue weighted by Gasteiger charge is -2.24. The number of benzene rings is 3. The van der Waals surface area contributed by atoms with E-state index in [9.17, 15) is 9.18 Å². The van der Waals surface area contributed by atoms with E-state index < -0.39 is 0 Å². The number of nitrogens with zero attached hydrogens (tertiary/aromatic N) is 1.